The zero-order valence-electron chi connectivity index (χ0n) is 12.9. The molecule has 1 saturated heterocycles. The van der Waals surface area contributed by atoms with Crippen molar-refractivity contribution < 1.29 is 22.6 Å². The van der Waals surface area contributed by atoms with Crippen LogP contribution in [0.5, 0.6) is 5.75 Å². The monoisotopic (exact) mass is 409 g/mol. The second kappa shape index (κ2) is 8.57. The van der Waals surface area contributed by atoms with E-state index in [-0.39, 0.29) is 31.0 Å². The maximum absolute atomic E-state index is 12.9. The molecule has 1 aliphatic rings. The molecule has 0 amide bonds. The summed E-state index contributed by atoms with van der Waals surface area (Å²) >= 11 is 3.02. The number of nitrogens with zero attached hydrogens (tertiary/aromatic N) is 1. The van der Waals surface area contributed by atoms with Crippen molar-refractivity contribution in [3.63, 3.8) is 0 Å². The lowest BCUT2D eigenvalue weighted by Gasteiger charge is -2.15. The van der Waals surface area contributed by atoms with Gasteiger partial charge >= 0.3 is 6.18 Å². The molecule has 9 heteroatoms. The van der Waals surface area contributed by atoms with Crippen LogP contribution in [0.4, 0.5) is 13.2 Å². The highest BCUT2D eigenvalue weighted by molar-refractivity contribution is 9.10. The van der Waals surface area contributed by atoms with Gasteiger partial charge in [-0.2, -0.15) is 13.2 Å². The van der Waals surface area contributed by atoms with E-state index in [4.69, 9.17) is 15.2 Å². The van der Waals surface area contributed by atoms with E-state index in [0.29, 0.717) is 11.0 Å². The molecule has 1 aromatic carbocycles. The number of hydrogen-bond donors (Lipinski definition) is 2. The molecule has 24 heavy (non-hydrogen) atoms. The molecule has 0 saturated carbocycles. The second-order valence-corrected chi connectivity index (χ2v) is 6.19. The van der Waals surface area contributed by atoms with E-state index in [1.54, 1.807) is 0 Å². The first-order valence-corrected chi connectivity index (χ1v) is 8.30. The highest BCUT2D eigenvalue weighted by Gasteiger charge is 2.34. The average Bonchev–Trinajstić information content (AvgIpc) is 3.03. The number of benzene rings is 1. The molecule has 1 atom stereocenters. The van der Waals surface area contributed by atoms with E-state index < -0.39 is 11.7 Å². The van der Waals surface area contributed by atoms with Gasteiger partial charge < -0.3 is 20.5 Å². The lowest BCUT2D eigenvalue weighted by atomic mass is 10.2. The molecule has 0 radical (unpaired) electrons. The van der Waals surface area contributed by atoms with Gasteiger partial charge in [0, 0.05) is 11.1 Å². The molecular weight excluding hydrogens is 391 g/mol. The predicted molar refractivity (Wildman–Crippen MR) is 88.1 cm³/mol. The fraction of sp³-hybridized carbons (Fsp3) is 0.533. The standard InChI is InChI=1S/C15H19BrF3N3O2/c16-10-3-4-13(12(8-10)15(17,18)19)24-7-5-21-14(20)22-9-11-2-1-6-23-11/h3-4,8,11H,1-2,5-7,9H2,(H3,20,21,22). The van der Waals surface area contributed by atoms with Gasteiger partial charge in [0.05, 0.1) is 24.8 Å². The van der Waals surface area contributed by atoms with Crippen LogP contribution in [-0.2, 0) is 10.9 Å². The summed E-state index contributed by atoms with van der Waals surface area (Å²) in [6, 6.07) is 3.76. The molecule has 1 aliphatic heterocycles. The van der Waals surface area contributed by atoms with Crippen molar-refractivity contribution in [1.29, 1.82) is 0 Å². The Hall–Kier alpha value is -1.48. The molecule has 0 aromatic heterocycles. The van der Waals surface area contributed by atoms with Gasteiger partial charge in [0.2, 0.25) is 0 Å². The maximum atomic E-state index is 12.9. The van der Waals surface area contributed by atoms with E-state index in [1.165, 1.54) is 12.1 Å². The van der Waals surface area contributed by atoms with E-state index in [2.05, 4.69) is 26.2 Å². The van der Waals surface area contributed by atoms with Gasteiger partial charge in [-0.3, -0.25) is 4.99 Å². The Kier molecular flexibility index (Phi) is 6.73. The molecule has 1 heterocycles. The highest BCUT2D eigenvalue weighted by atomic mass is 79.9. The number of ether oxygens (including phenoxy) is 2. The fourth-order valence-electron chi connectivity index (χ4n) is 2.23. The number of hydrogen-bond acceptors (Lipinski definition) is 3. The van der Waals surface area contributed by atoms with Gasteiger partial charge in [0.1, 0.15) is 12.4 Å². The summed E-state index contributed by atoms with van der Waals surface area (Å²) in [5.74, 6) is 0.00307. The minimum absolute atomic E-state index is 0.0286. The predicted octanol–water partition coefficient (Wildman–Crippen LogP) is 2.93. The van der Waals surface area contributed by atoms with Crippen LogP contribution in [0.1, 0.15) is 18.4 Å². The van der Waals surface area contributed by atoms with E-state index >= 15 is 0 Å². The van der Waals surface area contributed by atoms with Crippen molar-refractivity contribution in [1.82, 2.24) is 5.32 Å². The van der Waals surface area contributed by atoms with Gasteiger partial charge in [0.25, 0.3) is 0 Å². The van der Waals surface area contributed by atoms with E-state index in [1.807, 2.05) is 0 Å². The van der Waals surface area contributed by atoms with E-state index in [9.17, 15) is 13.2 Å². The third kappa shape index (κ3) is 5.86. The number of alkyl halides is 3. The zero-order valence-corrected chi connectivity index (χ0v) is 14.5. The Bertz CT molecular complexity index is 576. The molecule has 0 aliphatic carbocycles. The minimum atomic E-state index is -4.48. The number of nitrogens with two attached hydrogens (primary N) is 1. The van der Waals surface area contributed by atoms with Gasteiger partial charge in [-0.25, -0.2) is 0 Å². The molecule has 0 spiro atoms. The fourth-order valence-corrected chi connectivity index (χ4v) is 2.60. The van der Waals surface area contributed by atoms with Crippen molar-refractivity contribution in [2.45, 2.75) is 25.1 Å². The van der Waals surface area contributed by atoms with Crippen molar-refractivity contribution in [3.8, 4) is 5.75 Å². The Morgan fingerprint density at radius 2 is 2.25 bits per heavy atom. The Labute approximate surface area is 146 Å². The van der Waals surface area contributed by atoms with Crippen molar-refractivity contribution in [2.75, 3.05) is 26.3 Å². The van der Waals surface area contributed by atoms with Crippen molar-refractivity contribution in [3.05, 3.63) is 28.2 Å². The average molecular weight is 410 g/mol. The van der Waals surface area contributed by atoms with Crippen LogP contribution in [-0.4, -0.2) is 38.4 Å². The maximum Gasteiger partial charge on any atom is 0.420 e. The molecule has 1 aromatic rings. The molecule has 1 fully saturated rings. The van der Waals surface area contributed by atoms with Crippen LogP contribution in [0.2, 0.25) is 0 Å². The van der Waals surface area contributed by atoms with Crippen molar-refractivity contribution >= 4 is 21.9 Å². The summed E-state index contributed by atoms with van der Waals surface area (Å²) in [5.41, 5.74) is 4.87. The quantitative estimate of drug-likeness (QED) is 0.430. The van der Waals surface area contributed by atoms with Crippen LogP contribution >= 0.6 is 15.9 Å². The van der Waals surface area contributed by atoms with Crippen LogP contribution < -0.4 is 15.8 Å². The number of nitrogens with one attached hydrogen (secondary N) is 1. The molecular formula is C15H19BrF3N3O2. The highest BCUT2D eigenvalue weighted by Crippen LogP contribution is 2.37. The Balaban J connectivity index is 1.78. The van der Waals surface area contributed by atoms with E-state index in [0.717, 1.165) is 25.5 Å². The summed E-state index contributed by atoms with van der Waals surface area (Å²) in [7, 11) is 0. The second-order valence-electron chi connectivity index (χ2n) is 5.27. The lowest BCUT2D eigenvalue weighted by Crippen LogP contribution is -2.35. The summed E-state index contributed by atoms with van der Waals surface area (Å²) in [4.78, 5) is 4.14. The number of halogens is 4. The first-order chi connectivity index (χ1) is 11.4. The number of guanidine groups is 1. The summed E-state index contributed by atoms with van der Waals surface area (Å²) < 4.78 is 49.8. The normalized spacial score (nSPS) is 18.7. The molecule has 2 rings (SSSR count). The van der Waals surface area contributed by atoms with Crippen LogP contribution in [0.15, 0.2) is 27.7 Å². The first-order valence-electron chi connectivity index (χ1n) is 7.51. The van der Waals surface area contributed by atoms with Gasteiger partial charge in [-0.15, -0.1) is 0 Å². The van der Waals surface area contributed by atoms with Gasteiger partial charge in [0.15, 0.2) is 5.96 Å². The van der Waals surface area contributed by atoms with Gasteiger partial charge in [-0.1, -0.05) is 15.9 Å². The molecule has 5 nitrogen and oxygen atoms in total. The minimum Gasteiger partial charge on any atom is -0.491 e. The third-order valence-electron chi connectivity index (χ3n) is 3.40. The topological polar surface area (TPSA) is 68.9 Å². The third-order valence-corrected chi connectivity index (χ3v) is 3.90. The number of rotatable bonds is 6. The molecule has 0 bridgehead atoms. The number of aliphatic imine (C=N–C) groups is 1. The SMILES string of the molecule is NC(=NCC1CCCO1)NCCOc1ccc(Br)cc1C(F)(F)F. The Morgan fingerprint density at radius 3 is 2.92 bits per heavy atom. The van der Waals surface area contributed by atoms with Crippen LogP contribution in [0.25, 0.3) is 0 Å². The summed E-state index contributed by atoms with van der Waals surface area (Å²) in [6.07, 6.45) is -2.40. The van der Waals surface area contributed by atoms with Crippen molar-refractivity contribution in [2.24, 2.45) is 10.7 Å². The first kappa shape index (κ1) is 18.9. The molecule has 134 valence electrons. The molecule has 1 unspecified atom stereocenters. The largest absolute Gasteiger partial charge is 0.491 e. The molecule has 3 N–H and O–H groups in total. The smallest absolute Gasteiger partial charge is 0.420 e. The lowest BCUT2D eigenvalue weighted by molar-refractivity contribution is -0.139. The summed E-state index contributed by atoms with van der Waals surface area (Å²) in [5, 5.41) is 2.80. The zero-order chi connectivity index (χ0) is 17.6. The summed E-state index contributed by atoms with van der Waals surface area (Å²) in [6.45, 7) is 1.50. The van der Waals surface area contributed by atoms with Gasteiger partial charge in [-0.05, 0) is 31.0 Å². The van der Waals surface area contributed by atoms with Crippen LogP contribution in [0, 0.1) is 0 Å². The Morgan fingerprint density at radius 1 is 1.46 bits per heavy atom. The van der Waals surface area contributed by atoms with Crippen LogP contribution in [0.3, 0.4) is 0 Å².